The maximum atomic E-state index is 14.2. The first-order chi connectivity index (χ1) is 13.6. The van der Waals surface area contributed by atoms with Gasteiger partial charge in [0, 0.05) is 23.8 Å². The van der Waals surface area contributed by atoms with E-state index in [4.69, 9.17) is 0 Å². The summed E-state index contributed by atoms with van der Waals surface area (Å²) in [5.41, 5.74) is 0.620. The molecule has 5 nitrogen and oxygen atoms in total. The number of nitrogens with one attached hydrogen (secondary N) is 1. The molecule has 1 N–H and O–H groups in total. The Balaban J connectivity index is 1.37. The number of thiophene rings is 1. The first kappa shape index (κ1) is 19.5. The van der Waals surface area contributed by atoms with Crippen molar-refractivity contribution >= 4 is 49.3 Å². The van der Waals surface area contributed by atoms with Gasteiger partial charge in [0.15, 0.2) is 0 Å². The van der Waals surface area contributed by atoms with Crippen LogP contribution in [0.2, 0.25) is 0 Å². The number of amides is 1. The zero-order valence-electron chi connectivity index (χ0n) is 15.8. The summed E-state index contributed by atoms with van der Waals surface area (Å²) in [6, 6.07) is 5.63. The third-order valence-electron chi connectivity index (χ3n) is 5.20. The van der Waals surface area contributed by atoms with Gasteiger partial charge in [-0.25, -0.2) is 14.4 Å². The van der Waals surface area contributed by atoms with Crippen LogP contribution in [-0.2, 0) is 4.79 Å². The molecule has 1 aromatic carbocycles. The van der Waals surface area contributed by atoms with Crippen molar-refractivity contribution in [3.63, 3.8) is 0 Å². The Morgan fingerprint density at radius 2 is 2.29 bits per heavy atom. The normalized spacial score (nSPS) is 18.0. The molecule has 1 aliphatic heterocycles. The number of hydrogen-bond donors (Lipinski definition) is 1. The van der Waals surface area contributed by atoms with Crippen molar-refractivity contribution < 1.29 is 9.18 Å². The number of thioether (sulfide) groups is 1. The second-order valence-corrected chi connectivity index (χ2v) is 9.11. The lowest BCUT2D eigenvalue weighted by Crippen LogP contribution is -2.42. The largest absolute Gasteiger partial charge is 0.354 e. The lowest BCUT2D eigenvalue weighted by molar-refractivity contribution is -0.118. The van der Waals surface area contributed by atoms with E-state index in [-0.39, 0.29) is 11.7 Å². The summed E-state index contributed by atoms with van der Waals surface area (Å²) in [5, 5.41) is 4.26. The highest BCUT2D eigenvalue weighted by molar-refractivity contribution is 8.00. The SMILES string of the molecule is C[C@@H]1CCCCN1CCNC(=O)CSc1ncnc2c1sc1cccc(F)c12. The molecule has 1 atom stereocenters. The van der Waals surface area contributed by atoms with E-state index in [1.807, 2.05) is 6.07 Å². The lowest BCUT2D eigenvalue weighted by Gasteiger charge is -2.33. The first-order valence-electron chi connectivity index (χ1n) is 9.59. The number of carbonyl (C=O) groups excluding carboxylic acids is 1. The van der Waals surface area contributed by atoms with Gasteiger partial charge in [-0.15, -0.1) is 11.3 Å². The molecule has 3 aromatic rings. The number of carbonyl (C=O) groups is 1. The minimum Gasteiger partial charge on any atom is -0.354 e. The Hall–Kier alpha value is -1.77. The Labute approximate surface area is 171 Å². The van der Waals surface area contributed by atoms with Crippen molar-refractivity contribution in [1.82, 2.24) is 20.2 Å². The molecule has 3 heterocycles. The van der Waals surface area contributed by atoms with Crippen LogP contribution in [0.25, 0.3) is 20.3 Å². The fraction of sp³-hybridized carbons (Fsp3) is 0.450. The minimum absolute atomic E-state index is 0.00582. The number of halogens is 1. The summed E-state index contributed by atoms with van der Waals surface area (Å²) in [4.78, 5) is 23.3. The van der Waals surface area contributed by atoms with Gasteiger partial charge >= 0.3 is 0 Å². The average molecular weight is 419 g/mol. The summed E-state index contributed by atoms with van der Waals surface area (Å²) in [7, 11) is 0. The van der Waals surface area contributed by atoms with Gasteiger partial charge < -0.3 is 5.32 Å². The quantitative estimate of drug-likeness (QED) is 0.483. The van der Waals surface area contributed by atoms with Gasteiger partial charge in [-0.1, -0.05) is 24.2 Å². The molecule has 148 valence electrons. The van der Waals surface area contributed by atoms with Crippen molar-refractivity contribution in [2.45, 2.75) is 37.3 Å². The van der Waals surface area contributed by atoms with Gasteiger partial charge in [0.1, 0.15) is 17.2 Å². The van der Waals surface area contributed by atoms with Gasteiger partial charge in [-0.3, -0.25) is 9.69 Å². The van der Waals surface area contributed by atoms with Crippen molar-refractivity contribution in [3.8, 4) is 0 Å². The van der Waals surface area contributed by atoms with Gasteiger partial charge in [-0.2, -0.15) is 0 Å². The Bertz CT molecular complexity index is 993. The highest BCUT2D eigenvalue weighted by Gasteiger charge is 2.18. The van der Waals surface area contributed by atoms with Gasteiger partial charge in [0.2, 0.25) is 5.91 Å². The molecule has 0 aliphatic carbocycles. The van der Waals surface area contributed by atoms with Crippen LogP contribution in [0.15, 0.2) is 29.6 Å². The van der Waals surface area contributed by atoms with E-state index >= 15 is 0 Å². The van der Waals surface area contributed by atoms with Crippen LogP contribution in [0.1, 0.15) is 26.2 Å². The molecule has 1 aliphatic rings. The van der Waals surface area contributed by atoms with Crippen molar-refractivity contribution in [3.05, 3.63) is 30.3 Å². The van der Waals surface area contributed by atoms with Gasteiger partial charge in [0.05, 0.1) is 21.4 Å². The molecule has 1 fully saturated rings. The summed E-state index contributed by atoms with van der Waals surface area (Å²) in [5.74, 6) is 0.00933. The Morgan fingerprint density at radius 1 is 1.39 bits per heavy atom. The molecular formula is C20H23FN4OS2. The molecule has 0 unspecified atom stereocenters. The van der Waals surface area contributed by atoms with Crippen LogP contribution in [0.4, 0.5) is 4.39 Å². The van der Waals surface area contributed by atoms with E-state index in [0.717, 1.165) is 27.5 Å². The maximum absolute atomic E-state index is 14.2. The summed E-state index contributed by atoms with van der Waals surface area (Å²) in [6.45, 7) is 4.93. The molecule has 1 amide bonds. The molecule has 0 saturated carbocycles. The summed E-state index contributed by atoms with van der Waals surface area (Å²) < 4.78 is 15.9. The number of benzene rings is 1. The molecule has 1 saturated heterocycles. The lowest BCUT2D eigenvalue weighted by atomic mass is 10.0. The van der Waals surface area contributed by atoms with Crippen LogP contribution in [0, 0.1) is 5.82 Å². The summed E-state index contributed by atoms with van der Waals surface area (Å²) >= 11 is 2.84. The van der Waals surface area contributed by atoms with E-state index in [1.165, 1.54) is 54.8 Å². The fourth-order valence-corrected chi connectivity index (χ4v) is 5.75. The molecule has 0 spiro atoms. The fourth-order valence-electron chi connectivity index (χ4n) is 3.67. The van der Waals surface area contributed by atoms with Crippen LogP contribution >= 0.6 is 23.1 Å². The van der Waals surface area contributed by atoms with Gasteiger partial charge in [-0.05, 0) is 38.4 Å². The molecule has 4 rings (SSSR count). The van der Waals surface area contributed by atoms with E-state index in [1.54, 1.807) is 6.07 Å². The second-order valence-electron chi connectivity index (χ2n) is 7.09. The standard InChI is InChI=1S/C20H23FN4OS2/c1-13-5-2-3-9-25(13)10-8-22-16(26)11-27-20-19-18(23-12-24-20)17-14(21)6-4-7-15(17)28-19/h4,6-7,12-13H,2-3,5,8-11H2,1H3,(H,22,26)/t13-/m1/s1. The van der Waals surface area contributed by atoms with Gasteiger partial charge in [0.25, 0.3) is 0 Å². The number of rotatable bonds is 6. The number of hydrogen-bond acceptors (Lipinski definition) is 6. The van der Waals surface area contributed by atoms with Crippen LogP contribution < -0.4 is 5.32 Å². The van der Waals surface area contributed by atoms with Crippen molar-refractivity contribution in [1.29, 1.82) is 0 Å². The smallest absolute Gasteiger partial charge is 0.230 e. The van der Waals surface area contributed by atoms with E-state index < -0.39 is 0 Å². The first-order valence-corrected chi connectivity index (χ1v) is 11.4. The average Bonchev–Trinajstić information content (AvgIpc) is 3.08. The Kier molecular flexibility index (Phi) is 6.08. The molecule has 2 aromatic heterocycles. The molecular weight excluding hydrogens is 395 g/mol. The minimum atomic E-state index is -0.275. The third-order valence-corrected chi connectivity index (χ3v) is 7.47. The highest BCUT2D eigenvalue weighted by atomic mass is 32.2. The number of nitrogens with zero attached hydrogens (tertiary/aromatic N) is 3. The number of aromatic nitrogens is 2. The predicted octanol–water partition coefficient (Wildman–Crippen LogP) is 4.07. The third kappa shape index (κ3) is 4.14. The van der Waals surface area contributed by atoms with Crippen LogP contribution in [0.3, 0.4) is 0 Å². The molecule has 8 heteroatoms. The number of piperidine rings is 1. The van der Waals surface area contributed by atoms with Crippen molar-refractivity contribution in [2.24, 2.45) is 0 Å². The van der Waals surface area contributed by atoms with Crippen LogP contribution in [-0.4, -0.2) is 52.2 Å². The van der Waals surface area contributed by atoms with E-state index in [9.17, 15) is 9.18 Å². The van der Waals surface area contributed by atoms with Crippen LogP contribution in [0.5, 0.6) is 0 Å². The predicted molar refractivity (Wildman–Crippen MR) is 113 cm³/mol. The zero-order chi connectivity index (χ0) is 19.5. The number of likely N-dealkylation sites (tertiary alicyclic amines) is 1. The molecule has 0 bridgehead atoms. The molecule has 28 heavy (non-hydrogen) atoms. The monoisotopic (exact) mass is 418 g/mol. The topological polar surface area (TPSA) is 58.1 Å². The Morgan fingerprint density at radius 3 is 3.14 bits per heavy atom. The van der Waals surface area contributed by atoms with E-state index in [0.29, 0.717) is 29.2 Å². The van der Waals surface area contributed by atoms with E-state index in [2.05, 4.69) is 27.1 Å². The second kappa shape index (κ2) is 8.71. The number of fused-ring (bicyclic) bond motifs is 3. The highest BCUT2D eigenvalue weighted by Crippen LogP contribution is 2.38. The summed E-state index contributed by atoms with van der Waals surface area (Å²) in [6.07, 6.45) is 5.23. The maximum Gasteiger partial charge on any atom is 0.230 e. The zero-order valence-corrected chi connectivity index (χ0v) is 17.4. The molecule has 0 radical (unpaired) electrons. The van der Waals surface area contributed by atoms with Crippen molar-refractivity contribution in [2.75, 3.05) is 25.4 Å².